The second-order valence-electron chi connectivity index (χ2n) is 7.69. The number of thioether (sulfide) groups is 1. The number of piperidine rings is 1. The van der Waals surface area contributed by atoms with Gasteiger partial charge in [0.15, 0.2) is 0 Å². The molecule has 8 heteroatoms. The summed E-state index contributed by atoms with van der Waals surface area (Å²) in [5, 5.41) is 12.6. The minimum absolute atomic E-state index is 0.202. The van der Waals surface area contributed by atoms with Crippen molar-refractivity contribution in [2.75, 3.05) is 26.0 Å². The fraction of sp³-hybridized carbons (Fsp3) is 0.600. The molecule has 7 nitrogen and oxygen atoms in total. The lowest BCUT2D eigenvalue weighted by Crippen LogP contribution is -2.45. The Morgan fingerprint density at radius 3 is 2.75 bits per heavy atom. The maximum absolute atomic E-state index is 12.7. The number of hydrogen-bond acceptors (Lipinski definition) is 6. The predicted molar refractivity (Wildman–Crippen MR) is 107 cm³/mol. The number of rotatable bonds is 6. The van der Waals surface area contributed by atoms with E-state index < -0.39 is 0 Å². The summed E-state index contributed by atoms with van der Waals surface area (Å²) < 4.78 is 6.93. The van der Waals surface area contributed by atoms with Gasteiger partial charge in [-0.05, 0) is 52.8 Å². The Morgan fingerprint density at radius 1 is 1.18 bits per heavy atom. The van der Waals surface area contributed by atoms with Crippen LogP contribution in [0.15, 0.2) is 29.4 Å². The van der Waals surface area contributed by atoms with E-state index in [1.807, 2.05) is 24.3 Å². The third kappa shape index (κ3) is 4.48. The fourth-order valence-corrected chi connectivity index (χ4v) is 5.13. The van der Waals surface area contributed by atoms with E-state index in [0.717, 1.165) is 36.7 Å². The summed E-state index contributed by atoms with van der Waals surface area (Å²) in [6, 6.07) is 7.83. The molecule has 1 saturated carbocycles. The highest BCUT2D eigenvalue weighted by Crippen LogP contribution is 2.36. The van der Waals surface area contributed by atoms with Crippen molar-refractivity contribution < 1.29 is 9.53 Å². The van der Waals surface area contributed by atoms with Crippen molar-refractivity contribution in [3.8, 4) is 5.75 Å². The van der Waals surface area contributed by atoms with Crippen LogP contribution in [0.25, 0.3) is 0 Å². The summed E-state index contributed by atoms with van der Waals surface area (Å²) in [4.78, 5) is 14.8. The number of benzene rings is 1. The van der Waals surface area contributed by atoms with Crippen molar-refractivity contribution in [1.82, 2.24) is 25.1 Å². The average Bonchev–Trinajstić information content (AvgIpc) is 3.19. The number of aromatic nitrogens is 4. The molecule has 0 bridgehead atoms. The number of hydrogen-bond donors (Lipinski definition) is 0. The summed E-state index contributed by atoms with van der Waals surface area (Å²) in [5.74, 6) is 2.95. The summed E-state index contributed by atoms with van der Waals surface area (Å²) in [6.07, 6.45) is 6.47. The molecule has 1 aliphatic carbocycles. The first-order valence-electron chi connectivity index (χ1n) is 10.0. The Kier molecular flexibility index (Phi) is 6.14. The molecule has 0 spiro atoms. The SMILES string of the molecule is COc1ccc(Cn2nnnc2SCC(=O)N2CC[C@H]3CCCC[C@@H]3C2)cc1. The monoisotopic (exact) mass is 401 g/mol. The van der Waals surface area contributed by atoms with E-state index in [0.29, 0.717) is 23.4 Å². The van der Waals surface area contributed by atoms with Crippen molar-refractivity contribution in [2.24, 2.45) is 11.8 Å². The first-order valence-corrected chi connectivity index (χ1v) is 11.0. The molecule has 1 aromatic heterocycles. The Labute approximate surface area is 169 Å². The van der Waals surface area contributed by atoms with Crippen molar-refractivity contribution in [3.63, 3.8) is 0 Å². The standard InChI is InChI=1S/C20H27N5O2S/c1-27-18-8-6-15(7-9-18)12-25-20(21-22-23-25)28-14-19(26)24-11-10-16-4-2-3-5-17(16)13-24/h6-9,16-17H,2-5,10-14H2,1H3/t16-,17-/m1/s1. The van der Waals surface area contributed by atoms with E-state index in [4.69, 9.17) is 4.74 Å². The van der Waals surface area contributed by atoms with Crippen molar-refractivity contribution >= 4 is 17.7 Å². The van der Waals surface area contributed by atoms with Crippen LogP contribution in [0.2, 0.25) is 0 Å². The van der Waals surface area contributed by atoms with Gasteiger partial charge >= 0.3 is 0 Å². The zero-order valence-electron chi connectivity index (χ0n) is 16.3. The molecule has 1 saturated heterocycles. The Bertz CT molecular complexity index is 794. The van der Waals surface area contributed by atoms with Crippen molar-refractivity contribution in [3.05, 3.63) is 29.8 Å². The number of tetrazole rings is 1. The van der Waals surface area contributed by atoms with Gasteiger partial charge in [0, 0.05) is 13.1 Å². The number of likely N-dealkylation sites (tertiary alicyclic amines) is 1. The topological polar surface area (TPSA) is 73.1 Å². The summed E-state index contributed by atoms with van der Waals surface area (Å²) in [5.41, 5.74) is 1.08. The first kappa shape index (κ1) is 19.2. The quantitative estimate of drug-likeness (QED) is 0.693. The van der Waals surface area contributed by atoms with E-state index in [-0.39, 0.29) is 5.91 Å². The van der Waals surface area contributed by atoms with Crippen LogP contribution < -0.4 is 4.74 Å². The van der Waals surface area contributed by atoms with Gasteiger partial charge in [-0.25, -0.2) is 4.68 Å². The molecule has 1 amide bonds. The highest BCUT2D eigenvalue weighted by atomic mass is 32.2. The second kappa shape index (κ2) is 8.94. The van der Waals surface area contributed by atoms with Gasteiger partial charge in [-0.2, -0.15) is 0 Å². The first-order chi connectivity index (χ1) is 13.7. The van der Waals surface area contributed by atoms with Gasteiger partial charge in [0.05, 0.1) is 19.4 Å². The van der Waals surface area contributed by atoms with Crippen LogP contribution in [0, 0.1) is 11.8 Å². The minimum Gasteiger partial charge on any atom is -0.497 e. The molecule has 2 aliphatic rings. The maximum atomic E-state index is 12.7. The summed E-state index contributed by atoms with van der Waals surface area (Å²) in [6.45, 7) is 2.40. The molecule has 2 atom stereocenters. The predicted octanol–water partition coefficient (Wildman–Crippen LogP) is 2.86. The number of amides is 1. The lowest BCUT2D eigenvalue weighted by molar-refractivity contribution is -0.131. The van der Waals surface area contributed by atoms with Gasteiger partial charge in [-0.3, -0.25) is 4.79 Å². The number of carbonyl (C=O) groups excluding carboxylic acids is 1. The van der Waals surface area contributed by atoms with Crippen LogP contribution in [0.3, 0.4) is 0 Å². The molecule has 1 aliphatic heterocycles. The van der Waals surface area contributed by atoms with Crippen LogP contribution in [0.4, 0.5) is 0 Å². The van der Waals surface area contributed by atoms with Gasteiger partial charge < -0.3 is 9.64 Å². The zero-order chi connectivity index (χ0) is 19.3. The smallest absolute Gasteiger partial charge is 0.233 e. The van der Waals surface area contributed by atoms with E-state index in [9.17, 15) is 4.79 Å². The van der Waals surface area contributed by atoms with Crippen molar-refractivity contribution in [2.45, 2.75) is 43.8 Å². The second-order valence-corrected chi connectivity index (χ2v) is 8.63. The van der Waals surface area contributed by atoms with Gasteiger partial charge in [0.25, 0.3) is 0 Å². The largest absolute Gasteiger partial charge is 0.497 e. The molecule has 1 aromatic carbocycles. The summed E-state index contributed by atoms with van der Waals surface area (Å²) >= 11 is 1.42. The van der Waals surface area contributed by atoms with Crippen LogP contribution in [-0.4, -0.2) is 57.0 Å². The molecule has 2 heterocycles. The molecule has 0 radical (unpaired) electrons. The molecule has 150 valence electrons. The minimum atomic E-state index is 0.202. The van der Waals surface area contributed by atoms with E-state index in [1.165, 1.54) is 37.4 Å². The van der Waals surface area contributed by atoms with Crippen LogP contribution in [-0.2, 0) is 11.3 Å². The number of fused-ring (bicyclic) bond motifs is 1. The van der Waals surface area contributed by atoms with Gasteiger partial charge in [-0.1, -0.05) is 43.2 Å². The molecule has 28 heavy (non-hydrogen) atoms. The highest BCUT2D eigenvalue weighted by molar-refractivity contribution is 7.99. The summed E-state index contributed by atoms with van der Waals surface area (Å²) in [7, 11) is 1.65. The van der Waals surface area contributed by atoms with Crippen LogP contribution in [0.1, 0.15) is 37.7 Å². The van der Waals surface area contributed by atoms with Gasteiger partial charge in [0.2, 0.25) is 11.1 Å². The highest BCUT2D eigenvalue weighted by Gasteiger charge is 2.32. The number of nitrogens with zero attached hydrogens (tertiary/aromatic N) is 5. The van der Waals surface area contributed by atoms with Gasteiger partial charge in [-0.15, -0.1) is 5.10 Å². The van der Waals surface area contributed by atoms with Crippen LogP contribution >= 0.6 is 11.8 Å². The lowest BCUT2D eigenvalue weighted by Gasteiger charge is -2.41. The molecular weight excluding hydrogens is 374 g/mol. The molecule has 2 fully saturated rings. The fourth-order valence-electron chi connectivity index (χ4n) is 4.35. The molecular formula is C20H27N5O2S. The number of ether oxygens (including phenoxy) is 1. The zero-order valence-corrected chi connectivity index (χ0v) is 17.1. The van der Waals surface area contributed by atoms with E-state index >= 15 is 0 Å². The Hall–Kier alpha value is -2.09. The van der Waals surface area contributed by atoms with E-state index in [2.05, 4.69) is 20.4 Å². The molecule has 4 rings (SSSR count). The number of methoxy groups -OCH3 is 1. The third-order valence-electron chi connectivity index (χ3n) is 5.96. The maximum Gasteiger partial charge on any atom is 0.233 e. The lowest BCUT2D eigenvalue weighted by atomic mass is 9.75. The Balaban J connectivity index is 1.31. The molecule has 2 aromatic rings. The van der Waals surface area contributed by atoms with Crippen molar-refractivity contribution in [1.29, 1.82) is 0 Å². The third-order valence-corrected chi connectivity index (χ3v) is 6.90. The normalized spacial score (nSPS) is 22.0. The van der Waals surface area contributed by atoms with Gasteiger partial charge in [0.1, 0.15) is 5.75 Å². The molecule has 0 N–H and O–H groups in total. The van der Waals surface area contributed by atoms with Crippen LogP contribution in [0.5, 0.6) is 5.75 Å². The molecule has 0 unspecified atom stereocenters. The average molecular weight is 402 g/mol. The van der Waals surface area contributed by atoms with E-state index in [1.54, 1.807) is 11.8 Å². The number of carbonyl (C=O) groups is 1. The Morgan fingerprint density at radius 2 is 1.96 bits per heavy atom.